The van der Waals surface area contributed by atoms with Gasteiger partial charge in [-0.1, -0.05) is 6.92 Å². The van der Waals surface area contributed by atoms with E-state index in [1.165, 1.54) is 12.1 Å². The molecule has 5 heteroatoms. The minimum absolute atomic E-state index is 0.325. The van der Waals surface area contributed by atoms with Gasteiger partial charge in [0, 0.05) is 12.1 Å². The van der Waals surface area contributed by atoms with Gasteiger partial charge >= 0.3 is 0 Å². The average Bonchev–Trinajstić information content (AvgIpc) is 2.89. The lowest BCUT2D eigenvalue weighted by Gasteiger charge is -2.16. The molecule has 108 valence electrons. The van der Waals surface area contributed by atoms with Gasteiger partial charge < -0.3 is 10.5 Å². The number of aromatic nitrogens is 2. The highest BCUT2D eigenvalue weighted by atomic mass is 19.1. The number of nitrogens with two attached hydrogens (primary N) is 1. The van der Waals surface area contributed by atoms with E-state index in [0.717, 1.165) is 24.4 Å². The van der Waals surface area contributed by atoms with Crippen LogP contribution in [0.5, 0.6) is 5.75 Å². The van der Waals surface area contributed by atoms with Crippen molar-refractivity contribution in [1.82, 2.24) is 9.78 Å². The van der Waals surface area contributed by atoms with E-state index in [-0.39, 0.29) is 5.82 Å². The first-order valence-electron chi connectivity index (χ1n) is 6.76. The third-order valence-electron chi connectivity index (χ3n) is 3.37. The van der Waals surface area contributed by atoms with Gasteiger partial charge in [0.15, 0.2) is 0 Å². The fourth-order valence-corrected chi connectivity index (χ4v) is 2.27. The fourth-order valence-electron chi connectivity index (χ4n) is 2.27. The largest absolute Gasteiger partial charge is 0.496 e. The first-order chi connectivity index (χ1) is 9.60. The SMILES string of the molecule is CCc1cc(C(N)c2cc(F)ccc2OC)n(CC)n1. The zero-order chi connectivity index (χ0) is 14.7. The van der Waals surface area contributed by atoms with E-state index in [2.05, 4.69) is 5.10 Å². The minimum atomic E-state index is -0.464. The quantitative estimate of drug-likeness (QED) is 0.914. The lowest BCUT2D eigenvalue weighted by molar-refractivity contribution is 0.405. The van der Waals surface area contributed by atoms with Crippen molar-refractivity contribution in [3.63, 3.8) is 0 Å². The van der Waals surface area contributed by atoms with Gasteiger partial charge in [-0.05, 0) is 37.6 Å². The van der Waals surface area contributed by atoms with Crippen LogP contribution in [0.3, 0.4) is 0 Å². The van der Waals surface area contributed by atoms with E-state index >= 15 is 0 Å². The van der Waals surface area contributed by atoms with E-state index in [1.54, 1.807) is 13.2 Å². The molecular weight excluding hydrogens is 257 g/mol. The molecule has 0 aliphatic heterocycles. The third kappa shape index (κ3) is 2.67. The van der Waals surface area contributed by atoms with Gasteiger partial charge in [0.25, 0.3) is 0 Å². The summed E-state index contributed by atoms with van der Waals surface area (Å²) in [6.07, 6.45) is 0.840. The number of hydrogen-bond acceptors (Lipinski definition) is 3. The second-order valence-corrected chi connectivity index (χ2v) is 4.59. The molecule has 1 aromatic heterocycles. The van der Waals surface area contributed by atoms with Crippen molar-refractivity contribution in [3.05, 3.63) is 47.0 Å². The molecule has 0 saturated heterocycles. The molecule has 0 aliphatic rings. The number of aryl methyl sites for hydroxylation is 2. The second-order valence-electron chi connectivity index (χ2n) is 4.59. The highest BCUT2D eigenvalue weighted by molar-refractivity contribution is 5.40. The van der Waals surface area contributed by atoms with Crippen LogP contribution < -0.4 is 10.5 Å². The summed E-state index contributed by atoms with van der Waals surface area (Å²) in [5, 5.41) is 4.47. The fraction of sp³-hybridized carbons (Fsp3) is 0.400. The summed E-state index contributed by atoms with van der Waals surface area (Å²) < 4.78 is 20.6. The van der Waals surface area contributed by atoms with Gasteiger partial charge in [-0.3, -0.25) is 4.68 Å². The average molecular weight is 277 g/mol. The number of halogens is 1. The van der Waals surface area contributed by atoms with Crippen LogP contribution in [0.4, 0.5) is 4.39 Å². The van der Waals surface area contributed by atoms with Crippen LogP contribution in [0, 0.1) is 5.82 Å². The molecule has 1 aromatic carbocycles. The number of methoxy groups -OCH3 is 1. The van der Waals surface area contributed by atoms with Gasteiger partial charge in [0.2, 0.25) is 0 Å². The maximum absolute atomic E-state index is 13.5. The van der Waals surface area contributed by atoms with Crippen LogP contribution >= 0.6 is 0 Å². The molecule has 1 unspecified atom stereocenters. The number of ether oxygens (including phenoxy) is 1. The number of benzene rings is 1. The molecule has 0 fully saturated rings. The number of nitrogens with zero attached hydrogens (tertiary/aromatic N) is 2. The van der Waals surface area contributed by atoms with Gasteiger partial charge in [-0.15, -0.1) is 0 Å². The molecular formula is C15H20FN3O. The summed E-state index contributed by atoms with van der Waals surface area (Å²) >= 11 is 0. The lowest BCUT2D eigenvalue weighted by Crippen LogP contribution is -2.18. The van der Waals surface area contributed by atoms with E-state index in [4.69, 9.17) is 10.5 Å². The van der Waals surface area contributed by atoms with Gasteiger partial charge in [0.05, 0.1) is 24.5 Å². The van der Waals surface area contributed by atoms with Crippen molar-refractivity contribution in [1.29, 1.82) is 0 Å². The van der Waals surface area contributed by atoms with E-state index in [9.17, 15) is 4.39 Å². The molecule has 4 nitrogen and oxygen atoms in total. The van der Waals surface area contributed by atoms with Crippen molar-refractivity contribution in [2.75, 3.05) is 7.11 Å². The topological polar surface area (TPSA) is 53.1 Å². The van der Waals surface area contributed by atoms with Crippen molar-refractivity contribution in [2.24, 2.45) is 5.73 Å². The molecule has 1 heterocycles. The van der Waals surface area contributed by atoms with Crippen LogP contribution in [0.1, 0.15) is 36.8 Å². The highest BCUT2D eigenvalue weighted by Crippen LogP contribution is 2.29. The predicted molar refractivity (Wildman–Crippen MR) is 76.3 cm³/mol. The van der Waals surface area contributed by atoms with Crippen LogP contribution in [0.15, 0.2) is 24.3 Å². The molecule has 0 saturated carbocycles. The standard InChI is InChI=1S/C15H20FN3O/c1-4-11-9-13(19(5-2)18-11)15(17)12-8-10(16)6-7-14(12)20-3/h6-9,15H,4-5,17H2,1-3H3. The highest BCUT2D eigenvalue weighted by Gasteiger charge is 2.19. The maximum atomic E-state index is 13.5. The van der Waals surface area contributed by atoms with Crippen LogP contribution in [-0.4, -0.2) is 16.9 Å². The minimum Gasteiger partial charge on any atom is -0.496 e. The predicted octanol–water partition coefficient (Wildman–Crippen LogP) is 2.66. The molecule has 20 heavy (non-hydrogen) atoms. The van der Waals surface area contributed by atoms with Gasteiger partial charge in [-0.25, -0.2) is 4.39 Å². The van der Waals surface area contributed by atoms with E-state index in [1.807, 2.05) is 24.6 Å². The number of rotatable bonds is 5. The monoisotopic (exact) mass is 277 g/mol. The zero-order valence-corrected chi connectivity index (χ0v) is 12.1. The summed E-state index contributed by atoms with van der Waals surface area (Å²) in [6, 6.07) is 5.88. The third-order valence-corrected chi connectivity index (χ3v) is 3.37. The normalized spacial score (nSPS) is 12.4. The zero-order valence-electron chi connectivity index (χ0n) is 12.1. The summed E-state index contributed by atoms with van der Waals surface area (Å²) in [4.78, 5) is 0. The van der Waals surface area contributed by atoms with Crippen molar-refractivity contribution >= 4 is 0 Å². The molecule has 0 amide bonds. The van der Waals surface area contributed by atoms with Crippen LogP contribution in [0.25, 0.3) is 0 Å². The molecule has 0 spiro atoms. The lowest BCUT2D eigenvalue weighted by atomic mass is 10.0. The molecule has 0 aliphatic carbocycles. The summed E-state index contributed by atoms with van der Waals surface area (Å²) in [7, 11) is 1.55. The maximum Gasteiger partial charge on any atom is 0.124 e. The molecule has 2 aromatic rings. The Morgan fingerprint density at radius 3 is 2.70 bits per heavy atom. The van der Waals surface area contributed by atoms with E-state index in [0.29, 0.717) is 11.3 Å². The van der Waals surface area contributed by atoms with Crippen LogP contribution in [-0.2, 0) is 13.0 Å². The van der Waals surface area contributed by atoms with Gasteiger partial charge in [0.1, 0.15) is 11.6 Å². The van der Waals surface area contributed by atoms with Crippen molar-refractivity contribution < 1.29 is 9.13 Å². The molecule has 0 bridgehead atoms. The van der Waals surface area contributed by atoms with Crippen molar-refractivity contribution in [3.8, 4) is 5.75 Å². The Labute approximate surface area is 118 Å². The molecule has 0 radical (unpaired) electrons. The Morgan fingerprint density at radius 1 is 1.35 bits per heavy atom. The Hall–Kier alpha value is -1.88. The smallest absolute Gasteiger partial charge is 0.124 e. The first-order valence-corrected chi connectivity index (χ1v) is 6.76. The molecule has 2 N–H and O–H groups in total. The summed E-state index contributed by atoms with van der Waals surface area (Å²) in [5.74, 6) is 0.260. The Balaban J connectivity index is 2.47. The molecule has 1 atom stereocenters. The Morgan fingerprint density at radius 2 is 2.10 bits per heavy atom. The summed E-state index contributed by atoms with van der Waals surface area (Å²) in [6.45, 7) is 4.77. The Kier molecular flexibility index (Phi) is 4.39. The van der Waals surface area contributed by atoms with Gasteiger partial charge in [-0.2, -0.15) is 5.10 Å². The first kappa shape index (κ1) is 14.5. The van der Waals surface area contributed by atoms with Crippen molar-refractivity contribution in [2.45, 2.75) is 32.9 Å². The number of hydrogen-bond donors (Lipinski definition) is 1. The van der Waals surface area contributed by atoms with E-state index < -0.39 is 6.04 Å². The second kappa shape index (κ2) is 6.05. The Bertz CT molecular complexity index is 595. The molecule has 2 rings (SSSR count). The summed E-state index contributed by atoms with van der Waals surface area (Å²) in [5.41, 5.74) is 8.78. The van der Waals surface area contributed by atoms with Crippen LogP contribution in [0.2, 0.25) is 0 Å².